The number of hydrogen-bond donors (Lipinski definition) is 1. The van der Waals surface area contributed by atoms with Gasteiger partial charge in [-0.05, 0) is 19.8 Å². The van der Waals surface area contributed by atoms with Gasteiger partial charge in [0.05, 0.1) is 5.56 Å². The summed E-state index contributed by atoms with van der Waals surface area (Å²) in [6.07, 6.45) is 3.38. The van der Waals surface area contributed by atoms with Crippen molar-refractivity contribution in [2.45, 2.75) is 38.8 Å². The van der Waals surface area contributed by atoms with Gasteiger partial charge >= 0.3 is 5.69 Å². The lowest BCUT2D eigenvalue weighted by Gasteiger charge is -2.09. The Morgan fingerprint density at radius 2 is 2.00 bits per heavy atom. The number of rotatable bonds is 5. The molecule has 7 heteroatoms. The van der Waals surface area contributed by atoms with Gasteiger partial charge < -0.3 is 5.32 Å². The average Bonchev–Trinajstić information content (AvgIpc) is 3.18. The molecule has 0 bridgehead atoms. The quantitative estimate of drug-likeness (QED) is 0.730. The van der Waals surface area contributed by atoms with Gasteiger partial charge in [-0.1, -0.05) is 0 Å². The molecule has 1 saturated carbocycles. The Morgan fingerprint density at radius 1 is 1.35 bits per heavy atom. The molecule has 0 aromatic carbocycles. The minimum Gasteiger partial charge on any atom is -0.353 e. The van der Waals surface area contributed by atoms with Gasteiger partial charge in [-0.2, -0.15) is 0 Å². The van der Waals surface area contributed by atoms with Crippen molar-refractivity contribution in [3.8, 4) is 0 Å². The number of hydrogen-bond acceptors (Lipinski definition) is 4. The Labute approximate surface area is 115 Å². The van der Waals surface area contributed by atoms with E-state index in [4.69, 9.17) is 0 Å². The highest BCUT2D eigenvalue weighted by Gasteiger charge is 2.23. The summed E-state index contributed by atoms with van der Waals surface area (Å²) in [5.74, 6) is -0.528. The molecule has 1 aliphatic rings. The number of carbonyl (C=O) groups is 2. The Morgan fingerprint density at radius 3 is 2.55 bits per heavy atom. The Hall–Kier alpha value is -2.18. The fourth-order valence-corrected chi connectivity index (χ4v) is 1.88. The minimum atomic E-state index is -0.610. The third kappa shape index (κ3) is 3.04. The van der Waals surface area contributed by atoms with Crippen LogP contribution in [-0.2, 0) is 18.4 Å². The molecule has 0 atom stereocenters. The second-order valence-electron chi connectivity index (χ2n) is 5.03. The smallest absolute Gasteiger partial charge is 0.330 e. The van der Waals surface area contributed by atoms with Crippen LogP contribution in [0.3, 0.4) is 0 Å². The van der Waals surface area contributed by atoms with Gasteiger partial charge in [0, 0.05) is 32.3 Å². The molecule has 20 heavy (non-hydrogen) atoms. The standard InChI is InChI=1S/C13H17N3O4/c1-8(17)10-7-16(13(20)15(2)12(10)19)6-5-11(18)14-9-3-4-9/h7,9H,3-6H2,1-2H3,(H,14,18). The molecule has 0 radical (unpaired) electrons. The highest BCUT2D eigenvalue weighted by atomic mass is 16.2. The summed E-state index contributed by atoms with van der Waals surface area (Å²) in [5.41, 5.74) is -1.19. The monoisotopic (exact) mass is 279 g/mol. The van der Waals surface area contributed by atoms with E-state index in [1.54, 1.807) is 0 Å². The number of aryl methyl sites for hydroxylation is 1. The van der Waals surface area contributed by atoms with Crippen molar-refractivity contribution < 1.29 is 9.59 Å². The van der Waals surface area contributed by atoms with E-state index in [0.29, 0.717) is 0 Å². The predicted molar refractivity (Wildman–Crippen MR) is 71.7 cm³/mol. The lowest BCUT2D eigenvalue weighted by atomic mass is 10.2. The van der Waals surface area contributed by atoms with Crippen LogP contribution in [0.5, 0.6) is 0 Å². The van der Waals surface area contributed by atoms with E-state index in [1.165, 1.54) is 24.7 Å². The first-order valence-electron chi connectivity index (χ1n) is 6.51. The molecule has 1 fully saturated rings. The maximum atomic E-state index is 11.9. The number of ketones is 1. The molecular formula is C13H17N3O4. The molecule has 2 rings (SSSR count). The second kappa shape index (κ2) is 5.44. The molecule has 7 nitrogen and oxygen atoms in total. The maximum Gasteiger partial charge on any atom is 0.330 e. The van der Waals surface area contributed by atoms with Crippen molar-refractivity contribution in [1.82, 2.24) is 14.5 Å². The molecule has 1 amide bonds. The fourth-order valence-electron chi connectivity index (χ4n) is 1.88. The second-order valence-corrected chi connectivity index (χ2v) is 5.03. The van der Waals surface area contributed by atoms with Crippen molar-refractivity contribution in [2.75, 3.05) is 0 Å². The van der Waals surface area contributed by atoms with Gasteiger partial charge in [0.1, 0.15) is 0 Å². The molecule has 1 heterocycles. The Bertz CT molecular complexity index is 667. The Kier molecular flexibility index (Phi) is 3.87. The molecule has 0 spiro atoms. The summed E-state index contributed by atoms with van der Waals surface area (Å²) in [6.45, 7) is 1.41. The van der Waals surface area contributed by atoms with Crippen LogP contribution >= 0.6 is 0 Å². The zero-order chi connectivity index (χ0) is 14.9. The summed E-state index contributed by atoms with van der Waals surface area (Å²) in [5, 5.41) is 2.82. The third-order valence-corrected chi connectivity index (χ3v) is 3.25. The van der Waals surface area contributed by atoms with Crippen molar-refractivity contribution in [3.63, 3.8) is 0 Å². The molecule has 0 saturated heterocycles. The van der Waals surface area contributed by atoms with Gasteiger partial charge in [0.2, 0.25) is 5.91 Å². The van der Waals surface area contributed by atoms with Gasteiger partial charge in [0.15, 0.2) is 5.78 Å². The topological polar surface area (TPSA) is 90.2 Å². The van der Waals surface area contributed by atoms with E-state index in [1.807, 2.05) is 0 Å². The van der Waals surface area contributed by atoms with Gasteiger partial charge in [-0.3, -0.25) is 23.5 Å². The SMILES string of the molecule is CC(=O)c1cn(CCC(=O)NC2CC2)c(=O)n(C)c1=O. The fraction of sp³-hybridized carbons (Fsp3) is 0.538. The molecule has 1 aromatic heterocycles. The van der Waals surface area contributed by atoms with Crippen molar-refractivity contribution in [3.05, 3.63) is 32.6 Å². The van der Waals surface area contributed by atoms with Crippen molar-refractivity contribution in [2.24, 2.45) is 7.05 Å². The van der Waals surface area contributed by atoms with E-state index in [9.17, 15) is 19.2 Å². The van der Waals surface area contributed by atoms with Gasteiger partial charge in [-0.25, -0.2) is 4.79 Å². The first-order valence-corrected chi connectivity index (χ1v) is 6.51. The van der Waals surface area contributed by atoms with E-state index in [-0.39, 0.29) is 30.5 Å². The molecule has 108 valence electrons. The van der Waals surface area contributed by atoms with E-state index < -0.39 is 17.0 Å². The van der Waals surface area contributed by atoms with Gasteiger partial charge in [0.25, 0.3) is 5.56 Å². The van der Waals surface area contributed by atoms with E-state index in [2.05, 4.69) is 5.32 Å². The lowest BCUT2D eigenvalue weighted by molar-refractivity contribution is -0.121. The molecule has 0 unspecified atom stereocenters. The largest absolute Gasteiger partial charge is 0.353 e. The van der Waals surface area contributed by atoms with E-state index in [0.717, 1.165) is 17.4 Å². The molecule has 1 aliphatic carbocycles. The van der Waals surface area contributed by atoms with Crippen LogP contribution in [0.15, 0.2) is 15.8 Å². The van der Waals surface area contributed by atoms with Crippen LogP contribution in [0.25, 0.3) is 0 Å². The zero-order valence-corrected chi connectivity index (χ0v) is 11.5. The first kappa shape index (κ1) is 14.2. The van der Waals surface area contributed by atoms with Gasteiger partial charge in [-0.15, -0.1) is 0 Å². The van der Waals surface area contributed by atoms with E-state index >= 15 is 0 Å². The molecular weight excluding hydrogens is 262 g/mol. The average molecular weight is 279 g/mol. The number of carbonyl (C=O) groups excluding carboxylic acids is 2. The predicted octanol–water partition coefficient (Wildman–Crippen LogP) is -0.582. The minimum absolute atomic E-state index is 0.0466. The highest BCUT2D eigenvalue weighted by Crippen LogP contribution is 2.18. The number of nitrogens with one attached hydrogen (secondary N) is 1. The highest BCUT2D eigenvalue weighted by molar-refractivity contribution is 5.93. The Balaban J connectivity index is 2.18. The number of amides is 1. The summed E-state index contributed by atoms with van der Waals surface area (Å²) < 4.78 is 2.11. The summed E-state index contributed by atoms with van der Waals surface area (Å²) in [4.78, 5) is 46.6. The van der Waals surface area contributed by atoms with Crippen LogP contribution < -0.4 is 16.6 Å². The van der Waals surface area contributed by atoms with Crippen LogP contribution in [0.2, 0.25) is 0 Å². The first-order chi connectivity index (χ1) is 9.40. The summed E-state index contributed by atoms with van der Waals surface area (Å²) in [6, 6.07) is 0.270. The van der Waals surface area contributed by atoms with Crippen LogP contribution in [-0.4, -0.2) is 26.9 Å². The third-order valence-electron chi connectivity index (χ3n) is 3.25. The van der Waals surface area contributed by atoms with Crippen LogP contribution in [0.1, 0.15) is 36.5 Å². The van der Waals surface area contributed by atoms with Crippen molar-refractivity contribution in [1.29, 1.82) is 0 Å². The number of Topliss-reactive ketones (excluding diaryl/α,β-unsaturated/α-hetero) is 1. The number of aromatic nitrogens is 2. The van der Waals surface area contributed by atoms with Crippen LogP contribution in [0, 0.1) is 0 Å². The normalized spacial score (nSPS) is 14.1. The zero-order valence-electron chi connectivity index (χ0n) is 11.5. The molecule has 0 aliphatic heterocycles. The maximum absolute atomic E-state index is 11.9. The summed E-state index contributed by atoms with van der Waals surface area (Å²) >= 11 is 0. The van der Waals surface area contributed by atoms with Crippen molar-refractivity contribution >= 4 is 11.7 Å². The summed E-state index contributed by atoms with van der Waals surface area (Å²) in [7, 11) is 1.32. The molecule has 1 aromatic rings. The number of nitrogens with zero attached hydrogens (tertiary/aromatic N) is 2. The van der Waals surface area contributed by atoms with Crippen LogP contribution in [0.4, 0.5) is 0 Å². The molecule has 1 N–H and O–H groups in total. The lowest BCUT2D eigenvalue weighted by Crippen LogP contribution is -2.41.